The van der Waals surface area contributed by atoms with Crippen molar-refractivity contribution in [1.82, 2.24) is 10.2 Å². The highest BCUT2D eigenvalue weighted by atomic mass is 35.5. The molecule has 0 aliphatic carbocycles. The molecule has 0 atom stereocenters. The van der Waals surface area contributed by atoms with Gasteiger partial charge in [-0.1, -0.05) is 23.2 Å². The molecule has 0 fully saturated rings. The van der Waals surface area contributed by atoms with Crippen molar-refractivity contribution in [3.63, 3.8) is 0 Å². The Kier molecular flexibility index (Phi) is 5.31. The molecule has 0 saturated carbocycles. The number of nitrogens with zero attached hydrogens (tertiary/aromatic N) is 3. The first-order chi connectivity index (χ1) is 12.6. The van der Waals surface area contributed by atoms with Gasteiger partial charge < -0.3 is 4.42 Å². The van der Waals surface area contributed by atoms with Crippen molar-refractivity contribution in [3.05, 3.63) is 62.1 Å². The maximum atomic E-state index is 12.8. The van der Waals surface area contributed by atoms with Gasteiger partial charge in [-0.25, -0.2) is 0 Å². The van der Waals surface area contributed by atoms with Crippen molar-refractivity contribution in [2.75, 3.05) is 0 Å². The topological polar surface area (TPSA) is 82.1 Å². The minimum Gasteiger partial charge on any atom is -0.411 e. The molecule has 0 radical (unpaired) electrons. The van der Waals surface area contributed by atoms with Crippen LogP contribution in [0.25, 0.3) is 11.5 Å². The molecule has 140 valence electrons. The summed E-state index contributed by atoms with van der Waals surface area (Å²) in [5, 5.41) is 19.2. The van der Waals surface area contributed by atoms with Crippen LogP contribution >= 0.6 is 35.0 Å². The second-order valence-corrected chi connectivity index (χ2v) is 6.87. The zero-order valence-corrected chi connectivity index (χ0v) is 15.2. The molecule has 1 heterocycles. The third-order valence-corrected chi connectivity index (χ3v) is 4.70. The Hall–Kier alpha value is -2.30. The quantitative estimate of drug-likeness (QED) is 0.362. The van der Waals surface area contributed by atoms with E-state index in [2.05, 4.69) is 10.2 Å². The predicted octanol–water partition coefficient (Wildman–Crippen LogP) is 6.12. The highest BCUT2D eigenvalue weighted by Gasteiger charge is 2.33. The normalized spacial score (nSPS) is 11.6. The predicted molar refractivity (Wildman–Crippen MR) is 92.0 cm³/mol. The lowest BCUT2D eigenvalue weighted by Crippen LogP contribution is -2.05. The monoisotopic (exact) mass is 435 g/mol. The molecule has 3 rings (SSSR count). The standard InChI is InChI=1S/C15H6Cl2F3N3O3S/c16-8-2-3-9(10(17)6-8)13-21-22-14(26-13)27-12-4-1-7(15(18,19)20)5-11(12)23(24)25/h1-6H. The molecule has 0 bridgehead atoms. The van der Waals surface area contributed by atoms with Gasteiger partial charge in [-0.3, -0.25) is 10.1 Å². The van der Waals surface area contributed by atoms with Crippen molar-refractivity contribution in [3.8, 4) is 11.5 Å². The Balaban J connectivity index is 1.92. The first-order valence-electron chi connectivity index (χ1n) is 6.97. The van der Waals surface area contributed by atoms with Gasteiger partial charge in [0.1, 0.15) is 0 Å². The highest BCUT2D eigenvalue weighted by molar-refractivity contribution is 7.99. The van der Waals surface area contributed by atoms with Crippen LogP contribution in [0.4, 0.5) is 18.9 Å². The van der Waals surface area contributed by atoms with Crippen molar-refractivity contribution in [1.29, 1.82) is 0 Å². The highest BCUT2D eigenvalue weighted by Crippen LogP contribution is 2.39. The summed E-state index contributed by atoms with van der Waals surface area (Å²) >= 11 is 12.5. The SMILES string of the molecule is O=[N+]([O-])c1cc(C(F)(F)F)ccc1Sc1nnc(-c2ccc(Cl)cc2Cl)o1. The van der Waals surface area contributed by atoms with Crippen LogP contribution in [0.15, 0.2) is 50.9 Å². The Bertz CT molecular complexity index is 1030. The molecular weight excluding hydrogens is 430 g/mol. The molecule has 0 N–H and O–H groups in total. The zero-order chi connectivity index (χ0) is 19.8. The van der Waals surface area contributed by atoms with E-state index in [1.807, 2.05) is 0 Å². The Morgan fingerprint density at radius 2 is 1.85 bits per heavy atom. The van der Waals surface area contributed by atoms with Gasteiger partial charge in [-0.05, 0) is 42.1 Å². The fraction of sp³-hybridized carbons (Fsp3) is 0.0667. The largest absolute Gasteiger partial charge is 0.416 e. The van der Waals surface area contributed by atoms with Crippen LogP contribution < -0.4 is 0 Å². The molecule has 0 saturated heterocycles. The smallest absolute Gasteiger partial charge is 0.411 e. The average Bonchev–Trinajstić information content (AvgIpc) is 3.02. The summed E-state index contributed by atoms with van der Waals surface area (Å²) in [6.07, 6.45) is -4.70. The van der Waals surface area contributed by atoms with E-state index >= 15 is 0 Å². The third kappa shape index (κ3) is 4.34. The summed E-state index contributed by atoms with van der Waals surface area (Å²) in [6.45, 7) is 0. The first-order valence-corrected chi connectivity index (χ1v) is 8.55. The van der Waals surface area contributed by atoms with E-state index in [-0.39, 0.29) is 21.0 Å². The van der Waals surface area contributed by atoms with Crippen LogP contribution in [0.5, 0.6) is 0 Å². The molecule has 6 nitrogen and oxygen atoms in total. The number of nitro groups is 1. The van der Waals surface area contributed by atoms with Crippen LogP contribution in [0.2, 0.25) is 10.0 Å². The molecule has 0 spiro atoms. The maximum absolute atomic E-state index is 12.8. The second kappa shape index (κ2) is 7.37. The number of aromatic nitrogens is 2. The minimum atomic E-state index is -4.70. The summed E-state index contributed by atoms with van der Waals surface area (Å²) in [7, 11) is 0. The lowest BCUT2D eigenvalue weighted by Gasteiger charge is -2.07. The summed E-state index contributed by atoms with van der Waals surface area (Å²) < 4.78 is 43.7. The molecule has 2 aromatic carbocycles. The van der Waals surface area contributed by atoms with E-state index in [4.69, 9.17) is 27.6 Å². The first kappa shape index (κ1) is 19.5. The molecule has 0 unspecified atom stereocenters. The lowest BCUT2D eigenvalue weighted by molar-refractivity contribution is -0.388. The number of alkyl halides is 3. The van der Waals surface area contributed by atoms with Gasteiger partial charge in [-0.2, -0.15) is 13.2 Å². The van der Waals surface area contributed by atoms with E-state index in [0.29, 0.717) is 28.4 Å². The number of hydrogen-bond donors (Lipinski definition) is 0. The molecule has 12 heteroatoms. The third-order valence-electron chi connectivity index (χ3n) is 3.25. The second-order valence-electron chi connectivity index (χ2n) is 5.04. The number of hydrogen-bond acceptors (Lipinski definition) is 6. The molecular formula is C15H6Cl2F3N3O3S. The van der Waals surface area contributed by atoms with Gasteiger partial charge in [0, 0.05) is 11.1 Å². The van der Waals surface area contributed by atoms with Crippen LogP contribution in [0, 0.1) is 10.1 Å². The van der Waals surface area contributed by atoms with Crippen LogP contribution in [-0.4, -0.2) is 15.1 Å². The van der Waals surface area contributed by atoms with Crippen molar-refractivity contribution in [2.45, 2.75) is 16.3 Å². The number of benzene rings is 2. The van der Waals surface area contributed by atoms with Gasteiger partial charge in [0.2, 0.25) is 5.89 Å². The van der Waals surface area contributed by atoms with Crippen LogP contribution in [0.3, 0.4) is 0 Å². The fourth-order valence-corrected chi connectivity index (χ4v) is 3.29. The average molecular weight is 436 g/mol. The summed E-state index contributed by atoms with van der Waals surface area (Å²) in [6, 6.07) is 6.74. The molecule has 27 heavy (non-hydrogen) atoms. The lowest BCUT2D eigenvalue weighted by atomic mass is 10.2. The summed E-state index contributed by atoms with van der Waals surface area (Å²) in [4.78, 5) is 10.1. The molecule has 0 aliphatic rings. The molecule has 3 aromatic rings. The van der Waals surface area contributed by atoms with Crippen molar-refractivity contribution >= 4 is 40.7 Å². The van der Waals surface area contributed by atoms with Crippen molar-refractivity contribution < 1.29 is 22.5 Å². The van der Waals surface area contributed by atoms with E-state index in [1.54, 1.807) is 12.1 Å². The number of rotatable bonds is 4. The van der Waals surface area contributed by atoms with Gasteiger partial charge >= 0.3 is 6.18 Å². The van der Waals surface area contributed by atoms with Gasteiger partial charge in [0.05, 0.1) is 26.0 Å². The number of halogens is 5. The fourth-order valence-electron chi connectivity index (χ4n) is 2.04. The molecule has 0 aliphatic heterocycles. The van der Waals surface area contributed by atoms with Gasteiger partial charge in [-0.15, -0.1) is 10.2 Å². The molecule has 1 aromatic heterocycles. The Morgan fingerprint density at radius 1 is 1.11 bits per heavy atom. The van der Waals surface area contributed by atoms with Crippen LogP contribution in [0.1, 0.15) is 5.56 Å². The zero-order valence-electron chi connectivity index (χ0n) is 12.8. The van der Waals surface area contributed by atoms with E-state index in [0.717, 1.165) is 12.1 Å². The van der Waals surface area contributed by atoms with Gasteiger partial charge in [0.25, 0.3) is 10.9 Å². The van der Waals surface area contributed by atoms with Gasteiger partial charge in [0.15, 0.2) is 0 Å². The van der Waals surface area contributed by atoms with Crippen molar-refractivity contribution in [2.24, 2.45) is 0 Å². The number of nitro benzene ring substituents is 1. The minimum absolute atomic E-state index is 0.0359. The maximum Gasteiger partial charge on any atom is 0.416 e. The summed E-state index contributed by atoms with van der Waals surface area (Å²) in [5.41, 5.74) is -1.46. The summed E-state index contributed by atoms with van der Waals surface area (Å²) in [5.74, 6) is 0.0359. The van der Waals surface area contributed by atoms with Crippen LogP contribution in [-0.2, 0) is 6.18 Å². The Labute approximate surface area is 163 Å². The Morgan fingerprint density at radius 3 is 2.48 bits per heavy atom. The van der Waals surface area contributed by atoms with E-state index in [1.165, 1.54) is 6.07 Å². The van der Waals surface area contributed by atoms with E-state index in [9.17, 15) is 23.3 Å². The molecule has 0 amide bonds. The van der Waals surface area contributed by atoms with E-state index < -0.39 is 22.4 Å².